The molecule has 0 aliphatic heterocycles. The van der Waals surface area contributed by atoms with Crippen molar-refractivity contribution >= 4 is 5.71 Å². The molecule has 0 atom stereocenters. The van der Waals surface area contributed by atoms with Gasteiger partial charge in [-0.25, -0.2) is 0 Å². The van der Waals surface area contributed by atoms with E-state index in [1.807, 2.05) is 0 Å². The summed E-state index contributed by atoms with van der Waals surface area (Å²) in [4.78, 5) is 0. The standard InChI is InChI=1S/C16H9F15N2/c17-10(18,9(33)6-8(32)7-4-2-1-3-5-7)11(19,20)12(21,22)13(23,24)14(25,26)15(27,28)16(29,30)31/h1-6,32H,33H2. The average Bonchev–Trinajstić information content (AvgIpc) is 2.66. The van der Waals surface area contributed by atoms with Gasteiger partial charge < -0.3 is 11.1 Å². The van der Waals surface area contributed by atoms with Crippen LogP contribution in [0.25, 0.3) is 0 Å². The van der Waals surface area contributed by atoms with E-state index >= 15 is 0 Å². The zero-order valence-electron chi connectivity index (χ0n) is 15.2. The van der Waals surface area contributed by atoms with Gasteiger partial charge in [0, 0.05) is 0 Å². The molecule has 0 aliphatic rings. The first kappa shape index (κ1) is 28.4. The predicted molar refractivity (Wildman–Crippen MR) is 81.3 cm³/mol. The molecule has 0 heterocycles. The smallest absolute Gasteiger partial charge is 0.397 e. The van der Waals surface area contributed by atoms with Gasteiger partial charge in [-0.15, -0.1) is 0 Å². The van der Waals surface area contributed by atoms with Crippen molar-refractivity contribution < 1.29 is 65.9 Å². The van der Waals surface area contributed by atoms with E-state index in [2.05, 4.69) is 5.73 Å². The SMILES string of the molecule is N=C(C=C(N)C(F)(F)C(F)(F)C(F)(F)C(F)(F)C(F)(F)C(F)(F)C(F)(F)F)c1ccccc1. The normalized spacial score (nSPS) is 15.5. The van der Waals surface area contributed by atoms with Crippen LogP contribution in [0.3, 0.4) is 0 Å². The van der Waals surface area contributed by atoms with Crippen molar-refractivity contribution in [1.82, 2.24) is 0 Å². The van der Waals surface area contributed by atoms with Crippen molar-refractivity contribution in [1.29, 1.82) is 5.41 Å². The molecular formula is C16H9F15N2. The van der Waals surface area contributed by atoms with Crippen molar-refractivity contribution in [3.05, 3.63) is 47.7 Å². The second-order valence-corrected chi connectivity index (χ2v) is 6.32. The quantitative estimate of drug-likeness (QED) is 0.312. The van der Waals surface area contributed by atoms with Crippen LogP contribution in [0.15, 0.2) is 42.1 Å². The zero-order valence-corrected chi connectivity index (χ0v) is 15.2. The second-order valence-electron chi connectivity index (χ2n) is 6.32. The molecule has 0 amide bonds. The second kappa shape index (κ2) is 8.00. The van der Waals surface area contributed by atoms with Crippen molar-refractivity contribution in [2.24, 2.45) is 5.73 Å². The molecule has 0 spiro atoms. The van der Waals surface area contributed by atoms with Gasteiger partial charge >= 0.3 is 41.7 Å². The van der Waals surface area contributed by atoms with Crippen LogP contribution in [-0.4, -0.2) is 47.4 Å². The molecule has 17 heteroatoms. The highest BCUT2D eigenvalue weighted by Gasteiger charge is 2.93. The molecule has 1 aromatic carbocycles. The number of hydrogen-bond acceptors (Lipinski definition) is 2. The highest BCUT2D eigenvalue weighted by atomic mass is 19.4. The number of allylic oxidation sites excluding steroid dienone is 2. The minimum atomic E-state index is -8.39. The topological polar surface area (TPSA) is 49.9 Å². The highest BCUT2D eigenvalue weighted by molar-refractivity contribution is 6.06. The Morgan fingerprint density at radius 2 is 0.970 bits per heavy atom. The van der Waals surface area contributed by atoms with Gasteiger partial charge in [0.25, 0.3) is 0 Å². The Morgan fingerprint density at radius 1 is 0.606 bits per heavy atom. The van der Waals surface area contributed by atoms with Crippen molar-refractivity contribution in [3.8, 4) is 0 Å². The lowest BCUT2D eigenvalue weighted by atomic mass is 9.90. The van der Waals surface area contributed by atoms with Gasteiger partial charge in [-0.1, -0.05) is 30.3 Å². The predicted octanol–water partition coefficient (Wildman–Crippen LogP) is 6.27. The Bertz CT molecular complexity index is 900. The van der Waals surface area contributed by atoms with E-state index in [4.69, 9.17) is 5.41 Å². The van der Waals surface area contributed by atoms with Gasteiger partial charge in [-0.2, -0.15) is 65.9 Å². The number of hydrogen-bond donors (Lipinski definition) is 2. The number of halogens is 15. The van der Waals surface area contributed by atoms with Gasteiger partial charge in [0.2, 0.25) is 0 Å². The van der Waals surface area contributed by atoms with Crippen LogP contribution in [0.1, 0.15) is 5.56 Å². The van der Waals surface area contributed by atoms with Gasteiger partial charge in [-0.3, -0.25) is 0 Å². The fraction of sp³-hybridized carbons (Fsp3) is 0.438. The summed E-state index contributed by atoms with van der Waals surface area (Å²) in [5, 5.41) is 7.36. The van der Waals surface area contributed by atoms with Crippen LogP contribution < -0.4 is 5.73 Å². The minimum Gasteiger partial charge on any atom is -0.397 e. The summed E-state index contributed by atoms with van der Waals surface area (Å²) in [7, 11) is 0. The molecule has 0 fully saturated rings. The number of alkyl halides is 15. The molecule has 3 N–H and O–H groups in total. The summed E-state index contributed by atoms with van der Waals surface area (Å²) in [6.07, 6.45) is -8.13. The van der Waals surface area contributed by atoms with Crippen LogP contribution in [0, 0.1) is 5.41 Å². The Morgan fingerprint density at radius 3 is 1.36 bits per heavy atom. The maximum absolute atomic E-state index is 13.9. The Kier molecular flexibility index (Phi) is 6.89. The third-order valence-corrected chi connectivity index (χ3v) is 4.07. The van der Waals surface area contributed by atoms with Crippen LogP contribution in [0.5, 0.6) is 0 Å². The summed E-state index contributed by atoms with van der Waals surface area (Å²) in [6, 6.07) is 5.60. The molecule has 188 valence electrons. The summed E-state index contributed by atoms with van der Waals surface area (Å²) in [5.41, 5.74) is 0.118. The fourth-order valence-corrected chi connectivity index (χ4v) is 2.10. The van der Waals surface area contributed by atoms with E-state index in [0.29, 0.717) is 0 Å². The molecule has 0 radical (unpaired) electrons. The molecule has 1 aromatic rings. The van der Waals surface area contributed by atoms with Crippen molar-refractivity contribution in [2.75, 3.05) is 0 Å². The largest absolute Gasteiger partial charge is 0.460 e. The lowest BCUT2D eigenvalue weighted by Crippen LogP contribution is -2.73. The summed E-state index contributed by atoms with van der Waals surface area (Å²) in [6.45, 7) is 0. The lowest BCUT2D eigenvalue weighted by molar-refractivity contribution is -0.450. The van der Waals surface area contributed by atoms with E-state index < -0.39 is 59.2 Å². The molecule has 0 bridgehead atoms. The Labute approximate surface area is 173 Å². The molecule has 0 saturated carbocycles. The van der Waals surface area contributed by atoms with E-state index in [9.17, 15) is 65.9 Å². The van der Waals surface area contributed by atoms with Gasteiger partial charge in [0.15, 0.2) is 0 Å². The lowest BCUT2D eigenvalue weighted by Gasteiger charge is -2.41. The first-order valence-corrected chi connectivity index (χ1v) is 7.86. The van der Waals surface area contributed by atoms with E-state index in [1.165, 1.54) is 6.07 Å². The maximum Gasteiger partial charge on any atom is 0.460 e. The minimum absolute atomic E-state index is 0.368. The number of nitrogens with two attached hydrogens (primary N) is 1. The van der Waals surface area contributed by atoms with Crippen LogP contribution in [0.4, 0.5) is 65.9 Å². The Balaban J connectivity index is 3.57. The number of benzene rings is 1. The third-order valence-electron chi connectivity index (χ3n) is 4.07. The van der Waals surface area contributed by atoms with Crippen LogP contribution in [-0.2, 0) is 0 Å². The third kappa shape index (κ3) is 4.09. The van der Waals surface area contributed by atoms with Crippen molar-refractivity contribution in [2.45, 2.75) is 41.7 Å². The number of rotatable bonds is 8. The Hall–Kier alpha value is -2.62. The summed E-state index contributed by atoms with van der Waals surface area (Å²) >= 11 is 0. The first-order valence-electron chi connectivity index (χ1n) is 7.86. The average molecular weight is 514 g/mol. The molecule has 0 saturated heterocycles. The molecule has 1 rings (SSSR count). The van der Waals surface area contributed by atoms with Crippen molar-refractivity contribution in [3.63, 3.8) is 0 Å². The molecule has 0 aliphatic carbocycles. The summed E-state index contributed by atoms with van der Waals surface area (Å²) in [5.74, 6) is -47.5. The molecule has 0 aromatic heterocycles. The molecule has 2 nitrogen and oxygen atoms in total. The molecular weight excluding hydrogens is 505 g/mol. The maximum atomic E-state index is 13.9. The molecule has 33 heavy (non-hydrogen) atoms. The molecule has 0 unspecified atom stereocenters. The summed E-state index contributed by atoms with van der Waals surface area (Å²) < 4.78 is 197. The van der Waals surface area contributed by atoms with Gasteiger partial charge in [-0.05, 0) is 11.6 Å². The van der Waals surface area contributed by atoms with Gasteiger partial charge in [0.05, 0.1) is 11.4 Å². The van der Waals surface area contributed by atoms with Gasteiger partial charge in [0.1, 0.15) is 0 Å². The zero-order chi connectivity index (χ0) is 26.5. The number of nitrogens with one attached hydrogen (secondary N) is 1. The monoisotopic (exact) mass is 514 g/mol. The van der Waals surface area contributed by atoms with Crippen LogP contribution >= 0.6 is 0 Å². The van der Waals surface area contributed by atoms with E-state index in [0.717, 1.165) is 24.3 Å². The van der Waals surface area contributed by atoms with E-state index in [-0.39, 0.29) is 5.56 Å². The fourth-order valence-electron chi connectivity index (χ4n) is 2.10. The highest BCUT2D eigenvalue weighted by Crippen LogP contribution is 2.62. The van der Waals surface area contributed by atoms with E-state index in [1.54, 1.807) is 0 Å². The first-order chi connectivity index (χ1) is 14.4. The van der Waals surface area contributed by atoms with Crippen LogP contribution in [0.2, 0.25) is 0 Å².